The number of rotatable bonds is 3. The molecule has 2 N–H and O–H groups in total. The molecule has 118 valence electrons. The van der Waals surface area contributed by atoms with E-state index in [2.05, 4.69) is 20.6 Å². The highest BCUT2D eigenvalue weighted by atomic mass is 19.4. The molecule has 7 heteroatoms. The van der Waals surface area contributed by atoms with Gasteiger partial charge >= 0.3 is 6.18 Å². The highest BCUT2D eigenvalue weighted by Gasteiger charge is 2.33. The maximum Gasteiger partial charge on any atom is 0.433 e. The van der Waals surface area contributed by atoms with Crippen LogP contribution in [0.4, 0.5) is 24.9 Å². The molecule has 1 saturated carbocycles. The van der Waals surface area contributed by atoms with Gasteiger partial charge in [0.15, 0.2) is 5.69 Å². The van der Waals surface area contributed by atoms with Gasteiger partial charge in [-0.2, -0.15) is 18.2 Å². The summed E-state index contributed by atoms with van der Waals surface area (Å²) in [7, 11) is 1.51. The van der Waals surface area contributed by atoms with E-state index in [1.807, 2.05) is 0 Å². The number of hydrogen-bond acceptors (Lipinski definition) is 4. The lowest BCUT2D eigenvalue weighted by Gasteiger charge is -2.22. The van der Waals surface area contributed by atoms with Crippen LogP contribution in [-0.4, -0.2) is 23.1 Å². The minimum Gasteiger partial charge on any atom is -0.367 e. The molecule has 0 unspecified atom stereocenters. The Bertz CT molecular complexity index is 454. The topological polar surface area (TPSA) is 49.8 Å². The Morgan fingerprint density at radius 3 is 2.24 bits per heavy atom. The maximum atomic E-state index is 12.8. The summed E-state index contributed by atoms with van der Waals surface area (Å²) in [6.45, 7) is 0. The Kier molecular flexibility index (Phi) is 5.25. The minimum absolute atomic E-state index is 0.0156. The number of nitrogens with zero attached hydrogens (tertiary/aromatic N) is 2. The third kappa shape index (κ3) is 4.75. The van der Waals surface area contributed by atoms with Crippen molar-refractivity contribution < 1.29 is 13.2 Å². The molecule has 1 aliphatic rings. The fourth-order valence-corrected chi connectivity index (χ4v) is 2.59. The first kappa shape index (κ1) is 15.9. The smallest absolute Gasteiger partial charge is 0.367 e. The van der Waals surface area contributed by atoms with Crippen molar-refractivity contribution in [2.24, 2.45) is 0 Å². The first-order chi connectivity index (χ1) is 9.99. The second-order valence-corrected chi connectivity index (χ2v) is 5.40. The minimum atomic E-state index is -4.47. The van der Waals surface area contributed by atoms with Crippen LogP contribution >= 0.6 is 0 Å². The highest BCUT2D eigenvalue weighted by Crippen LogP contribution is 2.30. The largest absolute Gasteiger partial charge is 0.433 e. The molecule has 1 aromatic rings. The molecule has 1 fully saturated rings. The third-order valence-electron chi connectivity index (χ3n) is 3.70. The lowest BCUT2D eigenvalue weighted by molar-refractivity contribution is -0.141. The first-order valence-corrected chi connectivity index (χ1v) is 7.39. The maximum absolute atomic E-state index is 12.8. The Morgan fingerprint density at radius 2 is 1.67 bits per heavy atom. The van der Waals surface area contributed by atoms with Gasteiger partial charge in [-0.1, -0.05) is 32.1 Å². The highest BCUT2D eigenvalue weighted by molar-refractivity contribution is 5.43. The molecule has 1 aliphatic carbocycles. The normalized spacial score (nSPS) is 17.9. The van der Waals surface area contributed by atoms with Gasteiger partial charge < -0.3 is 10.6 Å². The van der Waals surface area contributed by atoms with Crippen molar-refractivity contribution in [1.82, 2.24) is 9.97 Å². The lowest BCUT2D eigenvalue weighted by atomic mass is 9.97. The van der Waals surface area contributed by atoms with E-state index in [-0.39, 0.29) is 17.8 Å². The molecule has 0 bridgehead atoms. The van der Waals surface area contributed by atoms with E-state index in [4.69, 9.17) is 0 Å². The van der Waals surface area contributed by atoms with Crippen molar-refractivity contribution in [3.63, 3.8) is 0 Å². The number of aromatic nitrogens is 2. The fraction of sp³-hybridized carbons (Fsp3) is 0.714. The first-order valence-electron chi connectivity index (χ1n) is 7.39. The predicted octanol–water partition coefficient (Wildman–Crippen LogP) is 4.06. The van der Waals surface area contributed by atoms with Crippen molar-refractivity contribution in [1.29, 1.82) is 0 Å². The summed E-state index contributed by atoms with van der Waals surface area (Å²) in [6, 6.07) is 1.17. The summed E-state index contributed by atoms with van der Waals surface area (Å²) in [5.74, 6) is 0.227. The average molecular weight is 302 g/mol. The summed E-state index contributed by atoms with van der Waals surface area (Å²) in [6.07, 6.45) is 3.32. The number of anilines is 2. The quantitative estimate of drug-likeness (QED) is 0.884. The van der Waals surface area contributed by atoms with E-state index in [0.717, 1.165) is 31.7 Å². The Morgan fingerprint density at radius 1 is 1.05 bits per heavy atom. The van der Waals surface area contributed by atoms with E-state index in [1.54, 1.807) is 0 Å². The van der Waals surface area contributed by atoms with Crippen LogP contribution in [0.3, 0.4) is 0 Å². The second kappa shape index (κ2) is 6.95. The standard InChI is InChI=1S/C14H21F3N4/c1-18-13-20-11(14(15,16)17)9-12(21-13)19-10-7-5-3-2-4-6-8-10/h9-10H,2-8H2,1H3,(H2,18,19,20,21). The molecule has 0 aromatic carbocycles. The lowest BCUT2D eigenvalue weighted by Crippen LogP contribution is -2.22. The molecule has 0 saturated heterocycles. The fourth-order valence-electron chi connectivity index (χ4n) is 2.59. The SMILES string of the molecule is CNc1nc(NC2CCCCCCC2)cc(C(F)(F)F)n1. The molecule has 0 atom stereocenters. The molecule has 1 aromatic heterocycles. The predicted molar refractivity (Wildman–Crippen MR) is 76.3 cm³/mol. The van der Waals surface area contributed by atoms with Crippen molar-refractivity contribution >= 4 is 11.8 Å². The van der Waals surface area contributed by atoms with Crippen molar-refractivity contribution in [2.75, 3.05) is 17.7 Å². The number of hydrogen-bond donors (Lipinski definition) is 2. The van der Waals surface area contributed by atoms with E-state index >= 15 is 0 Å². The molecule has 0 spiro atoms. The van der Waals surface area contributed by atoms with Gasteiger partial charge in [-0.3, -0.25) is 0 Å². The van der Waals surface area contributed by atoms with E-state index in [9.17, 15) is 13.2 Å². The Labute approximate surface area is 122 Å². The van der Waals surface area contributed by atoms with Crippen LogP contribution in [-0.2, 0) is 6.18 Å². The monoisotopic (exact) mass is 302 g/mol. The molecule has 0 radical (unpaired) electrons. The summed E-state index contributed by atoms with van der Waals surface area (Å²) < 4.78 is 38.5. The van der Waals surface area contributed by atoms with Crippen LogP contribution in [0.1, 0.15) is 50.6 Å². The summed E-state index contributed by atoms with van der Waals surface area (Å²) in [5.41, 5.74) is -0.921. The van der Waals surface area contributed by atoms with Crippen molar-refractivity contribution in [3.8, 4) is 0 Å². The molecule has 4 nitrogen and oxygen atoms in total. The number of alkyl halides is 3. The van der Waals surface area contributed by atoms with Crippen LogP contribution < -0.4 is 10.6 Å². The van der Waals surface area contributed by atoms with Crippen molar-refractivity contribution in [2.45, 2.75) is 57.2 Å². The average Bonchev–Trinajstić information content (AvgIpc) is 2.40. The van der Waals surface area contributed by atoms with Gasteiger partial charge in [0, 0.05) is 19.2 Å². The Hall–Kier alpha value is -1.53. The van der Waals surface area contributed by atoms with Gasteiger partial charge in [0.2, 0.25) is 5.95 Å². The zero-order chi connectivity index (χ0) is 15.3. The van der Waals surface area contributed by atoms with Gasteiger partial charge in [-0.05, 0) is 12.8 Å². The van der Waals surface area contributed by atoms with Crippen molar-refractivity contribution in [3.05, 3.63) is 11.8 Å². The van der Waals surface area contributed by atoms with Crippen LogP contribution in [0.25, 0.3) is 0 Å². The number of nitrogens with one attached hydrogen (secondary N) is 2. The number of halogens is 3. The Balaban J connectivity index is 2.14. The zero-order valence-electron chi connectivity index (χ0n) is 12.1. The molecule has 0 aliphatic heterocycles. The third-order valence-corrected chi connectivity index (χ3v) is 3.70. The molecular weight excluding hydrogens is 281 g/mol. The van der Waals surface area contributed by atoms with Crippen LogP contribution in [0.5, 0.6) is 0 Å². The van der Waals surface area contributed by atoms with E-state index in [1.165, 1.54) is 26.3 Å². The summed E-state index contributed by atoms with van der Waals surface area (Å²) in [5, 5.41) is 5.72. The summed E-state index contributed by atoms with van der Waals surface area (Å²) in [4.78, 5) is 7.54. The molecule has 1 heterocycles. The molecule has 0 amide bonds. The molecule has 2 rings (SSSR count). The second-order valence-electron chi connectivity index (χ2n) is 5.40. The summed E-state index contributed by atoms with van der Waals surface area (Å²) >= 11 is 0. The van der Waals surface area contributed by atoms with Crippen LogP contribution in [0, 0.1) is 0 Å². The van der Waals surface area contributed by atoms with Gasteiger partial charge in [-0.15, -0.1) is 0 Å². The van der Waals surface area contributed by atoms with E-state index < -0.39 is 11.9 Å². The van der Waals surface area contributed by atoms with Gasteiger partial charge in [0.05, 0.1) is 0 Å². The van der Waals surface area contributed by atoms with Gasteiger partial charge in [-0.25, -0.2) is 4.98 Å². The molecular formula is C14H21F3N4. The van der Waals surface area contributed by atoms with Crippen LogP contribution in [0.2, 0.25) is 0 Å². The van der Waals surface area contributed by atoms with Gasteiger partial charge in [0.25, 0.3) is 0 Å². The van der Waals surface area contributed by atoms with Gasteiger partial charge in [0.1, 0.15) is 5.82 Å². The van der Waals surface area contributed by atoms with E-state index in [0.29, 0.717) is 0 Å². The zero-order valence-corrected chi connectivity index (χ0v) is 12.1. The van der Waals surface area contributed by atoms with Crippen LogP contribution in [0.15, 0.2) is 6.07 Å². The molecule has 21 heavy (non-hydrogen) atoms.